The zero-order chi connectivity index (χ0) is 9.23. The third kappa shape index (κ3) is 9.55. The van der Waals surface area contributed by atoms with Gasteiger partial charge >= 0.3 is 0 Å². The summed E-state index contributed by atoms with van der Waals surface area (Å²) in [5.74, 6) is 0.0342. The highest BCUT2D eigenvalue weighted by molar-refractivity contribution is 5.76. The number of Topliss-reactive ketones (excluding diaryl/α,β-unsaturated/α-hetero) is 1. The summed E-state index contributed by atoms with van der Waals surface area (Å²) < 4.78 is 14.8. The monoisotopic (exact) mass is 176 g/mol. The predicted molar refractivity (Wildman–Crippen MR) is 44.2 cm³/mol. The van der Waals surface area contributed by atoms with Crippen LogP contribution in [0.2, 0.25) is 0 Å². The van der Waals surface area contributed by atoms with E-state index in [-0.39, 0.29) is 12.4 Å². The van der Waals surface area contributed by atoms with Crippen LogP contribution in [0, 0.1) is 0 Å². The second-order valence-electron chi connectivity index (χ2n) is 2.36. The van der Waals surface area contributed by atoms with Gasteiger partial charge in [-0.1, -0.05) is 0 Å². The van der Waals surface area contributed by atoms with Crippen LogP contribution in [-0.4, -0.2) is 45.9 Å². The average Bonchev–Trinajstić information content (AvgIpc) is 2.02. The molecule has 0 amide bonds. The van der Waals surface area contributed by atoms with Crippen LogP contribution in [0.4, 0.5) is 0 Å². The predicted octanol–water partition coefficient (Wildman–Crippen LogP) is 0.255. The molecule has 0 heterocycles. The van der Waals surface area contributed by atoms with E-state index in [2.05, 4.69) is 0 Å². The van der Waals surface area contributed by atoms with Crippen LogP contribution in [0.5, 0.6) is 0 Å². The van der Waals surface area contributed by atoms with Gasteiger partial charge in [0.15, 0.2) is 5.78 Å². The van der Waals surface area contributed by atoms with Crippen LogP contribution in [-0.2, 0) is 19.0 Å². The summed E-state index contributed by atoms with van der Waals surface area (Å²) >= 11 is 0. The third-order valence-corrected chi connectivity index (χ3v) is 1.11. The first-order chi connectivity index (χ1) is 5.77. The lowest BCUT2D eigenvalue weighted by molar-refractivity contribution is -0.122. The van der Waals surface area contributed by atoms with Crippen molar-refractivity contribution in [2.75, 3.05) is 40.1 Å². The van der Waals surface area contributed by atoms with Gasteiger partial charge in [0.2, 0.25) is 0 Å². The van der Waals surface area contributed by atoms with Gasteiger partial charge in [-0.15, -0.1) is 0 Å². The molecule has 0 aromatic heterocycles. The summed E-state index contributed by atoms with van der Waals surface area (Å²) in [5, 5.41) is 0. The van der Waals surface area contributed by atoms with Gasteiger partial charge in [0.25, 0.3) is 0 Å². The van der Waals surface area contributed by atoms with Crippen LogP contribution >= 0.6 is 0 Å². The Balaban J connectivity index is 2.86. The molecule has 0 saturated carbocycles. The topological polar surface area (TPSA) is 44.8 Å². The van der Waals surface area contributed by atoms with Crippen molar-refractivity contribution in [2.45, 2.75) is 6.92 Å². The average molecular weight is 176 g/mol. The van der Waals surface area contributed by atoms with Gasteiger partial charge in [0.05, 0.1) is 26.4 Å². The Kier molecular flexibility index (Phi) is 8.32. The minimum atomic E-state index is 0.0342. The second-order valence-corrected chi connectivity index (χ2v) is 2.36. The molecule has 0 atom stereocenters. The molecule has 0 spiro atoms. The Bertz CT molecular complexity index is 114. The van der Waals surface area contributed by atoms with Crippen molar-refractivity contribution in [1.82, 2.24) is 0 Å². The number of methoxy groups -OCH3 is 1. The van der Waals surface area contributed by atoms with Crippen molar-refractivity contribution >= 4 is 5.78 Å². The number of hydrogen-bond acceptors (Lipinski definition) is 4. The molecule has 0 N–H and O–H groups in total. The molecule has 0 aromatic carbocycles. The summed E-state index contributed by atoms with van der Waals surface area (Å²) in [6.07, 6.45) is 0. The molecule has 0 radical (unpaired) electrons. The van der Waals surface area contributed by atoms with E-state index >= 15 is 0 Å². The zero-order valence-corrected chi connectivity index (χ0v) is 7.67. The molecule has 4 nitrogen and oxygen atoms in total. The number of ketones is 1. The molecule has 0 saturated heterocycles. The van der Waals surface area contributed by atoms with E-state index in [1.807, 2.05) is 0 Å². The van der Waals surface area contributed by atoms with Crippen molar-refractivity contribution in [3.05, 3.63) is 0 Å². The fourth-order valence-electron chi connectivity index (χ4n) is 0.578. The molecule has 0 fully saturated rings. The molecule has 0 rings (SSSR count). The second kappa shape index (κ2) is 8.64. The minimum absolute atomic E-state index is 0.0342. The van der Waals surface area contributed by atoms with Crippen LogP contribution in [0.15, 0.2) is 0 Å². The van der Waals surface area contributed by atoms with E-state index in [1.165, 1.54) is 6.92 Å². The first-order valence-electron chi connectivity index (χ1n) is 3.91. The zero-order valence-electron chi connectivity index (χ0n) is 7.67. The lowest BCUT2D eigenvalue weighted by atomic mass is 10.5. The van der Waals surface area contributed by atoms with E-state index in [0.717, 1.165) is 0 Å². The fraction of sp³-hybridized carbons (Fsp3) is 0.875. The molecule has 0 bridgehead atoms. The maximum Gasteiger partial charge on any atom is 0.155 e. The van der Waals surface area contributed by atoms with Crippen molar-refractivity contribution in [3.63, 3.8) is 0 Å². The molecule has 4 heteroatoms. The Morgan fingerprint density at radius 1 is 1.08 bits per heavy atom. The highest BCUT2D eigenvalue weighted by Gasteiger charge is 1.92. The van der Waals surface area contributed by atoms with Crippen molar-refractivity contribution < 1.29 is 19.0 Å². The van der Waals surface area contributed by atoms with Gasteiger partial charge in [0.1, 0.15) is 6.61 Å². The molecule has 0 aliphatic heterocycles. The van der Waals surface area contributed by atoms with Gasteiger partial charge in [-0.25, -0.2) is 0 Å². The SMILES string of the molecule is COCCOCCOCC(C)=O. The normalized spacial score (nSPS) is 10.2. The molecule has 0 aromatic rings. The number of carbonyl (C=O) groups excluding carboxylic acids is 1. The van der Waals surface area contributed by atoms with E-state index in [1.54, 1.807) is 7.11 Å². The fourth-order valence-corrected chi connectivity index (χ4v) is 0.578. The summed E-state index contributed by atoms with van der Waals surface area (Å²) in [6, 6.07) is 0. The lowest BCUT2D eigenvalue weighted by Gasteiger charge is -2.03. The summed E-state index contributed by atoms with van der Waals surface area (Å²) in [7, 11) is 1.62. The molecule has 0 aliphatic rings. The first kappa shape index (κ1) is 11.6. The number of hydrogen-bond donors (Lipinski definition) is 0. The Hall–Kier alpha value is -0.450. The molecule has 0 unspecified atom stereocenters. The van der Waals surface area contributed by atoms with E-state index in [4.69, 9.17) is 14.2 Å². The molecule has 72 valence electrons. The van der Waals surface area contributed by atoms with Gasteiger partial charge in [-0.3, -0.25) is 4.79 Å². The lowest BCUT2D eigenvalue weighted by Crippen LogP contribution is -2.11. The van der Waals surface area contributed by atoms with Gasteiger partial charge in [0, 0.05) is 7.11 Å². The number of ether oxygens (including phenoxy) is 3. The standard InChI is InChI=1S/C8H16O4/c1-8(9)7-12-6-5-11-4-3-10-2/h3-7H2,1-2H3. The minimum Gasteiger partial charge on any atom is -0.382 e. The smallest absolute Gasteiger partial charge is 0.155 e. The first-order valence-corrected chi connectivity index (χ1v) is 3.91. The van der Waals surface area contributed by atoms with Crippen LogP contribution in [0.3, 0.4) is 0 Å². The largest absolute Gasteiger partial charge is 0.382 e. The molecule has 12 heavy (non-hydrogen) atoms. The van der Waals surface area contributed by atoms with Crippen molar-refractivity contribution in [2.24, 2.45) is 0 Å². The van der Waals surface area contributed by atoms with E-state index < -0.39 is 0 Å². The summed E-state index contributed by atoms with van der Waals surface area (Å²) in [6.45, 7) is 3.80. The van der Waals surface area contributed by atoms with Crippen molar-refractivity contribution in [3.8, 4) is 0 Å². The van der Waals surface area contributed by atoms with Crippen molar-refractivity contribution in [1.29, 1.82) is 0 Å². The summed E-state index contributed by atoms with van der Waals surface area (Å²) in [4.78, 5) is 10.4. The highest BCUT2D eigenvalue weighted by Crippen LogP contribution is 1.80. The Morgan fingerprint density at radius 2 is 1.67 bits per heavy atom. The molecular weight excluding hydrogens is 160 g/mol. The Labute approximate surface area is 72.8 Å². The van der Waals surface area contributed by atoms with Gasteiger partial charge in [-0.2, -0.15) is 0 Å². The van der Waals surface area contributed by atoms with E-state index in [0.29, 0.717) is 26.4 Å². The van der Waals surface area contributed by atoms with Crippen LogP contribution in [0.1, 0.15) is 6.92 Å². The summed E-state index contributed by atoms with van der Waals surface area (Å²) in [5.41, 5.74) is 0. The number of carbonyl (C=O) groups is 1. The maximum atomic E-state index is 10.4. The van der Waals surface area contributed by atoms with Crippen LogP contribution in [0.25, 0.3) is 0 Å². The third-order valence-electron chi connectivity index (χ3n) is 1.11. The van der Waals surface area contributed by atoms with E-state index in [9.17, 15) is 4.79 Å². The van der Waals surface area contributed by atoms with Crippen LogP contribution < -0.4 is 0 Å². The Morgan fingerprint density at radius 3 is 2.25 bits per heavy atom. The molecule has 0 aliphatic carbocycles. The maximum absolute atomic E-state index is 10.4. The molecular formula is C8H16O4. The quantitative estimate of drug-likeness (QED) is 0.497. The van der Waals surface area contributed by atoms with Gasteiger partial charge < -0.3 is 14.2 Å². The highest BCUT2D eigenvalue weighted by atomic mass is 16.5. The van der Waals surface area contributed by atoms with Gasteiger partial charge in [-0.05, 0) is 6.92 Å². The number of rotatable bonds is 8.